The SMILES string of the molecule is CCn1cncc1-c1ccc(OCC2COC(Cn3cncn3)(c3ccc(Cl)cc3Cl)O2)cc1. The van der Waals surface area contributed by atoms with E-state index in [1.54, 1.807) is 23.1 Å². The topological polar surface area (TPSA) is 76.2 Å². The van der Waals surface area contributed by atoms with Crippen LogP contribution in [0, 0.1) is 0 Å². The Morgan fingerprint density at radius 1 is 1.12 bits per heavy atom. The molecule has 0 bridgehead atoms. The smallest absolute Gasteiger partial charge is 0.217 e. The van der Waals surface area contributed by atoms with Crippen molar-refractivity contribution >= 4 is 23.2 Å². The number of ether oxygens (including phenoxy) is 3. The van der Waals surface area contributed by atoms with Gasteiger partial charge in [-0.05, 0) is 43.3 Å². The Morgan fingerprint density at radius 2 is 1.97 bits per heavy atom. The van der Waals surface area contributed by atoms with Gasteiger partial charge in [0.1, 0.15) is 37.7 Å². The van der Waals surface area contributed by atoms with E-state index in [1.165, 1.54) is 6.33 Å². The maximum atomic E-state index is 6.51. The molecule has 0 radical (unpaired) electrons. The lowest BCUT2D eigenvalue weighted by molar-refractivity contribution is -0.190. The van der Waals surface area contributed by atoms with E-state index < -0.39 is 5.79 Å². The molecule has 2 aromatic heterocycles. The van der Waals surface area contributed by atoms with Crippen molar-refractivity contribution in [2.45, 2.75) is 31.9 Å². The molecular formula is C24H23Cl2N5O3. The van der Waals surface area contributed by atoms with Gasteiger partial charge in [0, 0.05) is 22.7 Å². The molecule has 3 heterocycles. The summed E-state index contributed by atoms with van der Waals surface area (Å²) in [6.45, 7) is 3.88. The first-order valence-corrected chi connectivity index (χ1v) is 11.6. The fourth-order valence-corrected chi connectivity index (χ4v) is 4.56. The maximum Gasteiger partial charge on any atom is 0.217 e. The Morgan fingerprint density at radius 3 is 2.71 bits per heavy atom. The van der Waals surface area contributed by atoms with E-state index in [4.69, 9.17) is 37.4 Å². The van der Waals surface area contributed by atoms with Crippen LogP contribution in [0.5, 0.6) is 5.75 Å². The van der Waals surface area contributed by atoms with Crippen molar-refractivity contribution in [1.29, 1.82) is 0 Å². The molecule has 2 unspecified atom stereocenters. The summed E-state index contributed by atoms with van der Waals surface area (Å²) in [5.41, 5.74) is 2.82. The third-order valence-corrected chi connectivity index (χ3v) is 6.22. The van der Waals surface area contributed by atoms with E-state index >= 15 is 0 Å². The minimum absolute atomic E-state index is 0.282. The summed E-state index contributed by atoms with van der Waals surface area (Å²) in [5, 5.41) is 5.19. The zero-order chi connectivity index (χ0) is 23.5. The molecule has 10 heteroatoms. The van der Waals surface area contributed by atoms with Gasteiger partial charge in [-0.3, -0.25) is 0 Å². The van der Waals surface area contributed by atoms with E-state index in [0.717, 1.165) is 23.6 Å². The van der Waals surface area contributed by atoms with E-state index in [0.29, 0.717) is 28.8 Å². The molecule has 0 amide bonds. The van der Waals surface area contributed by atoms with Crippen LogP contribution in [0.15, 0.2) is 67.6 Å². The normalized spacial score (nSPS) is 20.0. The summed E-state index contributed by atoms with van der Waals surface area (Å²) >= 11 is 12.6. The summed E-state index contributed by atoms with van der Waals surface area (Å²) in [5.74, 6) is -0.389. The predicted molar refractivity (Wildman–Crippen MR) is 128 cm³/mol. The first kappa shape index (κ1) is 22.9. The molecule has 8 nitrogen and oxygen atoms in total. The summed E-state index contributed by atoms with van der Waals surface area (Å²) in [6.07, 6.45) is 6.45. The van der Waals surface area contributed by atoms with Crippen molar-refractivity contribution < 1.29 is 14.2 Å². The van der Waals surface area contributed by atoms with Crippen molar-refractivity contribution in [1.82, 2.24) is 24.3 Å². The quantitative estimate of drug-likeness (QED) is 0.346. The number of aromatic nitrogens is 5. The molecule has 5 rings (SSSR count). The maximum absolute atomic E-state index is 6.51. The minimum atomic E-state index is -1.13. The highest BCUT2D eigenvalue weighted by molar-refractivity contribution is 6.35. The number of hydrogen-bond donors (Lipinski definition) is 0. The second-order valence-electron chi connectivity index (χ2n) is 7.92. The number of rotatable bonds is 8. The first-order valence-electron chi connectivity index (χ1n) is 10.9. The van der Waals surface area contributed by atoms with Gasteiger partial charge in [0.05, 0.1) is 29.8 Å². The Bertz CT molecular complexity index is 1250. The first-order chi connectivity index (χ1) is 16.6. The third-order valence-electron chi connectivity index (χ3n) is 5.68. The van der Waals surface area contributed by atoms with Gasteiger partial charge in [-0.25, -0.2) is 14.6 Å². The van der Waals surface area contributed by atoms with Crippen LogP contribution in [-0.4, -0.2) is 43.6 Å². The molecule has 4 aromatic rings. The molecule has 2 aromatic carbocycles. The standard InChI is InChI=1S/C24H23Cl2N5O3/c1-2-30-15-27-10-23(30)17-3-6-19(7-4-17)32-11-20-12-33-24(34-20,13-31-16-28-14-29-31)21-8-5-18(25)9-22(21)26/h3-10,14-16,20H,2,11-13H2,1H3. The zero-order valence-corrected chi connectivity index (χ0v) is 20.0. The molecule has 0 spiro atoms. The Balaban J connectivity index is 1.29. The summed E-state index contributed by atoms with van der Waals surface area (Å²) in [4.78, 5) is 8.24. The molecule has 1 saturated heterocycles. The Labute approximate surface area is 207 Å². The largest absolute Gasteiger partial charge is 0.491 e. The molecule has 0 aliphatic carbocycles. The second-order valence-corrected chi connectivity index (χ2v) is 8.76. The molecule has 34 heavy (non-hydrogen) atoms. The van der Waals surface area contributed by atoms with E-state index in [2.05, 4.69) is 26.6 Å². The molecule has 0 N–H and O–H groups in total. The van der Waals surface area contributed by atoms with Crippen molar-refractivity contribution in [3.05, 3.63) is 83.3 Å². The van der Waals surface area contributed by atoms with Crippen LogP contribution >= 0.6 is 23.2 Å². The number of imidazole rings is 1. The van der Waals surface area contributed by atoms with Gasteiger partial charge in [-0.1, -0.05) is 29.3 Å². The lowest BCUT2D eigenvalue weighted by atomic mass is 10.1. The highest BCUT2D eigenvalue weighted by atomic mass is 35.5. The molecule has 1 fully saturated rings. The number of aryl methyl sites for hydroxylation is 1. The second kappa shape index (κ2) is 9.76. The monoisotopic (exact) mass is 499 g/mol. The molecule has 0 saturated carbocycles. The summed E-state index contributed by atoms with van der Waals surface area (Å²) in [7, 11) is 0. The van der Waals surface area contributed by atoms with Gasteiger partial charge in [-0.2, -0.15) is 5.10 Å². The van der Waals surface area contributed by atoms with Crippen LogP contribution in [0.4, 0.5) is 0 Å². The lowest BCUT2D eigenvalue weighted by Crippen LogP contribution is -2.35. The van der Waals surface area contributed by atoms with E-state index in [9.17, 15) is 0 Å². The summed E-state index contributed by atoms with van der Waals surface area (Å²) < 4.78 is 22.3. The van der Waals surface area contributed by atoms with Crippen molar-refractivity contribution in [2.75, 3.05) is 13.2 Å². The average molecular weight is 500 g/mol. The average Bonchev–Trinajstić information content (AvgIpc) is 3.60. The van der Waals surface area contributed by atoms with Crippen LogP contribution < -0.4 is 4.74 Å². The molecule has 176 valence electrons. The zero-order valence-electron chi connectivity index (χ0n) is 18.5. The Hall–Kier alpha value is -2.91. The highest BCUT2D eigenvalue weighted by Crippen LogP contribution is 2.40. The highest BCUT2D eigenvalue weighted by Gasteiger charge is 2.45. The number of benzene rings is 2. The van der Waals surface area contributed by atoms with Gasteiger partial charge in [0.25, 0.3) is 0 Å². The molecule has 1 aliphatic rings. The van der Waals surface area contributed by atoms with Crippen LogP contribution in [0.3, 0.4) is 0 Å². The molecular weight excluding hydrogens is 477 g/mol. The van der Waals surface area contributed by atoms with Crippen molar-refractivity contribution in [2.24, 2.45) is 0 Å². The molecule has 2 atom stereocenters. The van der Waals surface area contributed by atoms with Gasteiger partial charge in [-0.15, -0.1) is 0 Å². The van der Waals surface area contributed by atoms with Gasteiger partial charge in [0.2, 0.25) is 5.79 Å². The fraction of sp³-hybridized carbons (Fsp3) is 0.292. The minimum Gasteiger partial charge on any atom is -0.491 e. The van der Waals surface area contributed by atoms with Crippen LogP contribution in [0.2, 0.25) is 10.0 Å². The number of nitrogens with zero attached hydrogens (tertiary/aromatic N) is 5. The van der Waals surface area contributed by atoms with Crippen LogP contribution in [-0.2, 0) is 28.4 Å². The number of halogens is 2. The number of hydrogen-bond acceptors (Lipinski definition) is 6. The van der Waals surface area contributed by atoms with E-state index in [1.807, 2.05) is 42.9 Å². The third kappa shape index (κ3) is 4.67. The van der Waals surface area contributed by atoms with Crippen LogP contribution in [0.1, 0.15) is 12.5 Å². The molecule has 1 aliphatic heterocycles. The lowest BCUT2D eigenvalue weighted by Gasteiger charge is -2.29. The van der Waals surface area contributed by atoms with Gasteiger partial charge < -0.3 is 18.8 Å². The Kier molecular flexibility index (Phi) is 6.56. The predicted octanol–water partition coefficient (Wildman–Crippen LogP) is 4.82. The van der Waals surface area contributed by atoms with E-state index in [-0.39, 0.29) is 12.6 Å². The fourth-order valence-electron chi connectivity index (χ4n) is 4.01. The van der Waals surface area contributed by atoms with Gasteiger partial charge >= 0.3 is 0 Å². The van der Waals surface area contributed by atoms with Crippen molar-refractivity contribution in [3.63, 3.8) is 0 Å². The summed E-state index contributed by atoms with van der Waals surface area (Å²) in [6, 6.07) is 13.2. The van der Waals surface area contributed by atoms with Gasteiger partial charge in [0.15, 0.2) is 0 Å². The van der Waals surface area contributed by atoms with Crippen molar-refractivity contribution in [3.8, 4) is 17.0 Å². The van der Waals surface area contributed by atoms with Crippen LogP contribution in [0.25, 0.3) is 11.3 Å².